The molecule has 0 rings (SSSR count). The molecule has 1 atom stereocenters. The molecule has 32 valence electrons. The summed E-state index contributed by atoms with van der Waals surface area (Å²) in [5.41, 5.74) is 0. The van der Waals surface area contributed by atoms with E-state index in [0.717, 1.165) is 0 Å². The first-order chi connectivity index (χ1) is 2.77. The molecule has 0 heterocycles. The van der Waals surface area contributed by atoms with Crippen molar-refractivity contribution in [3.63, 3.8) is 0 Å². The van der Waals surface area contributed by atoms with Gasteiger partial charge in [0.05, 0.1) is 6.00 Å². The minimum absolute atomic E-state index is 0.324. The van der Waals surface area contributed by atoms with Crippen LogP contribution < -0.4 is 0 Å². The van der Waals surface area contributed by atoms with E-state index in [4.69, 9.17) is 7.85 Å². The second-order valence-corrected chi connectivity index (χ2v) is 0.937. The van der Waals surface area contributed by atoms with E-state index in [0.29, 0.717) is 6.47 Å². The van der Waals surface area contributed by atoms with Crippen LogP contribution in [0.2, 0.25) is 0 Å². The van der Waals surface area contributed by atoms with E-state index in [1.165, 1.54) is 0 Å². The Morgan fingerprint density at radius 2 is 2.50 bits per heavy atom. The first kappa shape index (κ1) is 5.53. The molecule has 0 saturated heterocycles. The van der Waals surface area contributed by atoms with Crippen molar-refractivity contribution in [1.82, 2.24) is 0 Å². The van der Waals surface area contributed by atoms with Crippen LogP contribution in [0.25, 0.3) is 0 Å². The highest BCUT2D eigenvalue weighted by Gasteiger charge is 1.83. The molecular weight excluding hydrogens is 78.8 g/mol. The van der Waals surface area contributed by atoms with Crippen molar-refractivity contribution in [2.75, 3.05) is 0 Å². The maximum atomic E-state index is 9.31. The zero-order valence-electron chi connectivity index (χ0n) is 3.55. The lowest BCUT2D eigenvalue weighted by molar-refractivity contribution is -0.129. The van der Waals surface area contributed by atoms with Gasteiger partial charge in [-0.1, -0.05) is 0 Å². The summed E-state index contributed by atoms with van der Waals surface area (Å²) in [6.07, 6.45) is 0. The predicted octanol–water partition coefficient (Wildman–Crippen LogP) is -0.326. The van der Waals surface area contributed by atoms with Gasteiger partial charge in [0.1, 0.15) is 7.85 Å². The molecule has 0 spiro atoms. The molecule has 6 heavy (non-hydrogen) atoms. The molecule has 0 fully saturated rings. The van der Waals surface area contributed by atoms with Crippen LogP contribution in [0.4, 0.5) is 0 Å². The van der Waals surface area contributed by atoms with Gasteiger partial charge in [0.25, 0.3) is 6.47 Å². The lowest BCUT2D eigenvalue weighted by atomic mass is 10.0. The third-order valence-corrected chi connectivity index (χ3v) is 0.270. The van der Waals surface area contributed by atoms with E-state index in [1.54, 1.807) is 6.92 Å². The molecular formula is C3H5BO2. The van der Waals surface area contributed by atoms with Crippen molar-refractivity contribution in [3.8, 4) is 0 Å². The quantitative estimate of drug-likeness (QED) is 0.338. The summed E-state index contributed by atoms with van der Waals surface area (Å²) in [6, 6.07) is -0.470. The van der Waals surface area contributed by atoms with Crippen LogP contribution in [-0.2, 0) is 9.53 Å². The summed E-state index contributed by atoms with van der Waals surface area (Å²) < 4.78 is 4.14. The van der Waals surface area contributed by atoms with Gasteiger partial charge in [0.15, 0.2) is 0 Å². The number of carbonyl (C=O) groups is 1. The summed E-state index contributed by atoms with van der Waals surface area (Å²) >= 11 is 0. The standard InChI is InChI=1S/C3H5BO2/c1-3(4)6-2-5/h2-3H,1H3. The fourth-order valence-electron chi connectivity index (χ4n) is 0.0876. The van der Waals surface area contributed by atoms with Crippen molar-refractivity contribution in [2.45, 2.75) is 12.9 Å². The van der Waals surface area contributed by atoms with E-state index in [9.17, 15) is 4.79 Å². The van der Waals surface area contributed by atoms with Crippen LogP contribution in [0.5, 0.6) is 0 Å². The number of carbonyl (C=O) groups excluding carboxylic acids is 1. The minimum atomic E-state index is -0.470. The van der Waals surface area contributed by atoms with Crippen LogP contribution in [0.1, 0.15) is 6.92 Å². The normalized spacial score (nSPS) is 12.8. The highest BCUT2D eigenvalue weighted by molar-refractivity contribution is 6.11. The molecule has 0 aliphatic carbocycles. The molecule has 1 unspecified atom stereocenters. The van der Waals surface area contributed by atoms with Gasteiger partial charge in [-0.25, -0.2) is 0 Å². The molecule has 0 aromatic rings. The summed E-state index contributed by atoms with van der Waals surface area (Å²) in [5.74, 6) is 0. The van der Waals surface area contributed by atoms with Gasteiger partial charge in [0, 0.05) is 0 Å². The molecule has 3 heteroatoms. The van der Waals surface area contributed by atoms with Crippen LogP contribution in [0, 0.1) is 0 Å². The molecule has 0 N–H and O–H groups in total. The minimum Gasteiger partial charge on any atom is -0.475 e. The van der Waals surface area contributed by atoms with Crippen LogP contribution >= 0.6 is 0 Å². The highest BCUT2D eigenvalue weighted by Crippen LogP contribution is 1.73. The Bertz CT molecular complexity index is 44.1. The smallest absolute Gasteiger partial charge is 0.292 e. The highest BCUT2D eigenvalue weighted by atomic mass is 16.5. The van der Waals surface area contributed by atoms with E-state index in [-0.39, 0.29) is 0 Å². The van der Waals surface area contributed by atoms with Gasteiger partial charge in [0.2, 0.25) is 0 Å². The lowest BCUT2D eigenvalue weighted by Crippen LogP contribution is -2.04. The molecule has 0 bridgehead atoms. The van der Waals surface area contributed by atoms with E-state index in [2.05, 4.69) is 4.74 Å². The number of rotatable bonds is 2. The average molecular weight is 83.9 g/mol. The van der Waals surface area contributed by atoms with E-state index in [1.807, 2.05) is 0 Å². The number of hydrogen-bond donors (Lipinski definition) is 0. The second-order valence-electron chi connectivity index (χ2n) is 0.937. The molecule has 2 radical (unpaired) electrons. The Morgan fingerprint density at radius 1 is 2.00 bits per heavy atom. The largest absolute Gasteiger partial charge is 0.475 e. The Kier molecular flexibility index (Phi) is 2.54. The maximum Gasteiger partial charge on any atom is 0.292 e. The lowest BCUT2D eigenvalue weighted by Gasteiger charge is -1.96. The molecule has 0 aromatic heterocycles. The third-order valence-electron chi connectivity index (χ3n) is 0.270. The average Bonchev–Trinajstić information content (AvgIpc) is 1.35. The third kappa shape index (κ3) is 3.53. The van der Waals surface area contributed by atoms with Crippen molar-refractivity contribution in [1.29, 1.82) is 0 Å². The Labute approximate surface area is 37.9 Å². The van der Waals surface area contributed by atoms with Gasteiger partial charge in [-0.2, -0.15) is 0 Å². The zero-order valence-corrected chi connectivity index (χ0v) is 3.55. The Morgan fingerprint density at radius 3 is 2.50 bits per heavy atom. The van der Waals surface area contributed by atoms with Gasteiger partial charge in [-0.05, 0) is 6.92 Å². The molecule has 0 aliphatic rings. The molecule has 0 amide bonds. The summed E-state index contributed by atoms with van der Waals surface area (Å²) in [6.45, 7) is 1.90. The summed E-state index contributed by atoms with van der Waals surface area (Å²) in [7, 11) is 4.95. The topological polar surface area (TPSA) is 26.3 Å². The fraction of sp³-hybridized carbons (Fsp3) is 0.667. The molecule has 0 aromatic carbocycles. The molecule has 0 saturated carbocycles. The first-order valence-corrected chi connectivity index (χ1v) is 1.62. The Balaban J connectivity index is 2.81. The van der Waals surface area contributed by atoms with E-state index >= 15 is 0 Å². The van der Waals surface area contributed by atoms with Gasteiger partial charge in [-0.3, -0.25) is 4.79 Å². The van der Waals surface area contributed by atoms with Gasteiger partial charge in [-0.15, -0.1) is 0 Å². The van der Waals surface area contributed by atoms with Crippen molar-refractivity contribution in [3.05, 3.63) is 0 Å². The van der Waals surface area contributed by atoms with Crippen LogP contribution in [0.15, 0.2) is 0 Å². The Hall–Kier alpha value is -0.465. The van der Waals surface area contributed by atoms with Crippen molar-refractivity contribution >= 4 is 14.3 Å². The predicted molar refractivity (Wildman–Crippen MR) is 22.4 cm³/mol. The zero-order chi connectivity index (χ0) is 4.99. The fourth-order valence-corrected chi connectivity index (χ4v) is 0.0876. The van der Waals surface area contributed by atoms with Crippen LogP contribution in [-0.4, -0.2) is 20.3 Å². The molecule has 0 aliphatic heterocycles. The number of hydrogen-bond acceptors (Lipinski definition) is 2. The maximum absolute atomic E-state index is 9.31. The summed E-state index contributed by atoms with van der Waals surface area (Å²) in [4.78, 5) is 9.31. The first-order valence-electron chi connectivity index (χ1n) is 1.62. The van der Waals surface area contributed by atoms with Gasteiger partial charge < -0.3 is 4.74 Å². The summed E-state index contributed by atoms with van der Waals surface area (Å²) in [5, 5.41) is 0. The second kappa shape index (κ2) is 2.76. The van der Waals surface area contributed by atoms with Crippen LogP contribution in [0.3, 0.4) is 0 Å². The molecule has 2 nitrogen and oxygen atoms in total. The monoisotopic (exact) mass is 84.0 g/mol. The van der Waals surface area contributed by atoms with E-state index < -0.39 is 6.00 Å². The van der Waals surface area contributed by atoms with Gasteiger partial charge >= 0.3 is 0 Å². The SMILES string of the molecule is [B]C(C)OC=O. The number of ether oxygens (including phenoxy) is 1. The van der Waals surface area contributed by atoms with Crippen molar-refractivity contribution < 1.29 is 9.53 Å². The van der Waals surface area contributed by atoms with Crippen molar-refractivity contribution in [2.24, 2.45) is 0 Å².